The van der Waals surface area contributed by atoms with Crippen molar-refractivity contribution in [2.24, 2.45) is 23.7 Å². The van der Waals surface area contributed by atoms with Crippen LogP contribution >= 0.6 is 15.9 Å². The van der Waals surface area contributed by atoms with Crippen LogP contribution in [0.3, 0.4) is 0 Å². The van der Waals surface area contributed by atoms with Crippen molar-refractivity contribution in [3.05, 3.63) is 38.6 Å². The summed E-state index contributed by atoms with van der Waals surface area (Å²) in [6.07, 6.45) is 4.67. The Kier molecular flexibility index (Phi) is 3.49. The van der Waals surface area contributed by atoms with E-state index < -0.39 is 0 Å². The minimum Gasteiger partial charge on any atom is -0.511 e. The molecule has 0 radical (unpaired) electrons. The van der Waals surface area contributed by atoms with Crippen molar-refractivity contribution >= 4 is 27.3 Å². The zero-order valence-electron chi connectivity index (χ0n) is 13.9. The first-order chi connectivity index (χ1) is 10.9. The number of hydrogen-bond acceptors (Lipinski definition) is 2. The van der Waals surface area contributed by atoms with Gasteiger partial charge in [-0.3, -0.25) is 4.79 Å². The molecule has 2 nitrogen and oxygen atoms in total. The van der Waals surface area contributed by atoms with Gasteiger partial charge in [-0.2, -0.15) is 0 Å². The van der Waals surface area contributed by atoms with Crippen LogP contribution in [0.2, 0.25) is 0 Å². The normalized spacial score (nSPS) is 32.6. The van der Waals surface area contributed by atoms with E-state index in [0.29, 0.717) is 23.2 Å². The van der Waals surface area contributed by atoms with Crippen LogP contribution in [0, 0.1) is 44.4 Å². The van der Waals surface area contributed by atoms with E-state index in [1.807, 2.05) is 13.8 Å². The molecule has 0 aliphatic heterocycles. The number of ketones is 1. The highest BCUT2D eigenvalue weighted by Gasteiger charge is 2.54. The second-order valence-electron chi connectivity index (χ2n) is 7.68. The zero-order chi connectivity index (χ0) is 16.5. The molecule has 122 valence electrons. The summed E-state index contributed by atoms with van der Waals surface area (Å²) in [5.74, 6) is 1.69. The van der Waals surface area contributed by atoms with Crippen LogP contribution in [0.4, 0.5) is 0 Å². The lowest BCUT2D eigenvalue weighted by Crippen LogP contribution is -2.41. The average Bonchev–Trinajstić information content (AvgIpc) is 2.81. The second-order valence-corrected chi connectivity index (χ2v) is 8.47. The minimum atomic E-state index is 0.0383. The highest BCUT2D eigenvalue weighted by molar-refractivity contribution is 9.10. The third-order valence-electron chi connectivity index (χ3n) is 6.47. The van der Waals surface area contributed by atoms with Crippen LogP contribution in [-0.4, -0.2) is 10.9 Å². The number of Topliss-reactive ketones (excluding diaryl/α,β-unsaturated/α-hetero) is 1. The number of carbonyl (C=O) groups is 1. The van der Waals surface area contributed by atoms with Gasteiger partial charge in [-0.15, -0.1) is 0 Å². The van der Waals surface area contributed by atoms with E-state index in [-0.39, 0.29) is 17.6 Å². The van der Waals surface area contributed by atoms with Gasteiger partial charge in [0.15, 0.2) is 5.78 Å². The molecule has 0 amide bonds. The number of carbonyl (C=O) groups excluding carboxylic acids is 1. The van der Waals surface area contributed by atoms with Gasteiger partial charge in [-0.1, -0.05) is 22.0 Å². The van der Waals surface area contributed by atoms with E-state index in [4.69, 9.17) is 0 Å². The molecule has 0 aromatic heterocycles. The molecule has 5 rings (SSSR count). The minimum absolute atomic E-state index is 0.0383. The highest BCUT2D eigenvalue weighted by Crippen LogP contribution is 2.57. The Morgan fingerprint density at radius 1 is 1.00 bits per heavy atom. The fraction of sp³-hybridized carbons (Fsp3) is 0.550. The molecule has 1 aromatic carbocycles. The van der Waals surface area contributed by atoms with Gasteiger partial charge in [-0.05, 0) is 80.5 Å². The highest BCUT2D eigenvalue weighted by atomic mass is 79.9. The summed E-state index contributed by atoms with van der Waals surface area (Å²) >= 11 is 3.65. The van der Waals surface area contributed by atoms with Crippen molar-refractivity contribution in [1.29, 1.82) is 0 Å². The topological polar surface area (TPSA) is 37.3 Å². The molecule has 4 aliphatic carbocycles. The van der Waals surface area contributed by atoms with Crippen LogP contribution < -0.4 is 0 Å². The van der Waals surface area contributed by atoms with Crippen molar-refractivity contribution in [2.75, 3.05) is 0 Å². The Bertz CT molecular complexity index is 738. The third kappa shape index (κ3) is 2.02. The van der Waals surface area contributed by atoms with E-state index in [2.05, 4.69) is 28.9 Å². The summed E-state index contributed by atoms with van der Waals surface area (Å²) in [6.45, 7) is 6.16. The maximum absolute atomic E-state index is 13.2. The summed E-state index contributed by atoms with van der Waals surface area (Å²) < 4.78 is 1.05. The van der Waals surface area contributed by atoms with Crippen molar-refractivity contribution in [3.8, 4) is 0 Å². The van der Waals surface area contributed by atoms with E-state index in [1.54, 1.807) is 0 Å². The Labute approximate surface area is 146 Å². The van der Waals surface area contributed by atoms with E-state index in [9.17, 15) is 9.90 Å². The molecule has 0 saturated heterocycles. The predicted octanol–water partition coefficient (Wildman–Crippen LogP) is 5.28. The predicted molar refractivity (Wildman–Crippen MR) is 95.3 cm³/mol. The Morgan fingerprint density at radius 3 is 2.13 bits per heavy atom. The molecular weight excluding hydrogens is 352 g/mol. The number of rotatable bonds is 1. The molecule has 2 atom stereocenters. The maximum Gasteiger partial charge on any atom is 0.170 e. The molecule has 0 heterocycles. The average molecular weight is 375 g/mol. The molecule has 1 aromatic rings. The van der Waals surface area contributed by atoms with Crippen molar-refractivity contribution in [3.63, 3.8) is 0 Å². The molecular formula is C20H23BrO2. The van der Waals surface area contributed by atoms with Gasteiger partial charge in [0.05, 0.1) is 5.57 Å². The van der Waals surface area contributed by atoms with Gasteiger partial charge in [0, 0.05) is 16.3 Å². The van der Waals surface area contributed by atoms with Crippen molar-refractivity contribution in [2.45, 2.75) is 46.5 Å². The second kappa shape index (κ2) is 5.20. The molecule has 4 aliphatic rings. The van der Waals surface area contributed by atoms with Gasteiger partial charge in [0.1, 0.15) is 5.76 Å². The largest absolute Gasteiger partial charge is 0.511 e. The lowest BCUT2D eigenvalue weighted by molar-refractivity contribution is -0.123. The Hall–Kier alpha value is -1.09. The SMILES string of the molecule is Cc1cc(C)c(C2=C(O)[C@@H]3C4CCC(CC4)[C@@H]3C2=O)c(C)c1Br. The Morgan fingerprint density at radius 2 is 1.57 bits per heavy atom. The lowest BCUT2D eigenvalue weighted by Gasteiger charge is -2.44. The first kappa shape index (κ1) is 15.4. The number of fused-ring (bicyclic) bond motifs is 2. The van der Waals surface area contributed by atoms with Crippen molar-refractivity contribution in [1.82, 2.24) is 0 Å². The summed E-state index contributed by atoms with van der Waals surface area (Å²) in [5.41, 5.74) is 4.91. The van der Waals surface area contributed by atoms with Gasteiger partial charge < -0.3 is 5.11 Å². The van der Waals surface area contributed by atoms with E-state index in [0.717, 1.165) is 34.0 Å². The number of allylic oxidation sites excluding steroid dienone is 2. The van der Waals surface area contributed by atoms with Crippen LogP contribution in [0.1, 0.15) is 47.9 Å². The molecule has 0 spiro atoms. The van der Waals surface area contributed by atoms with Crippen LogP contribution in [0.15, 0.2) is 16.3 Å². The maximum atomic E-state index is 13.2. The van der Waals surface area contributed by atoms with Gasteiger partial charge in [-0.25, -0.2) is 0 Å². The first-order valence-electron chi connectivity index (χ1n) is 8.65. The van der Waals surface area contributed by atoms with E-state index >= 15 is 0 Å². The number of benzene rings is 1. The summed E-state index contributed by atoms with van der Waals surface area (Å²) in [7, 11) is 0. The van der Waals surface area contributed by atoms with Crippen LogP contribution in [0.25, 0.3) is 5.57 Å². The number of aliphatic hydroxyl groups is 1. The standard InChI is InChI=1S/C20H23BrO2/c1-9-8-10(2)18(21)11(3)14(9)17-19(22)15-12-4-5-13(7-6-12)16(15)20(17)23/h8,12-13,15-16,22H,4-7H2,1-3H3/t12?,13?,15-,16+/m1/s1. The van der Waals surface area contributed by atoms with Gasteiger partial charge in [0.25, 0.3) is 0 Å². The third-order valence-corrected chi connectivity index (χ3v) is 7.69. The monoisotopic (exact) mass is 374 g/mol. The number of aryl methyl sites for hydroxylation is 2. The van der Waals surface area contributed by atoms with E-state index in [1.165, 1.54) is 18.4 Å². The van der Waals surface area contributed by atoms with Crippen molar-refractivity contribution < 1.29 is 9.90 Å². The molecule has 3 heteroatoms. The molecule has 1 N–H and O–H groups in total. The van der Waals surface area contributed by atoms with Crippen LogP contribution in [-0.2, 0) is 4.79 Å². The summed E-state index contributed by atoms with van der Waals surface area (Å²) in [6, 6.07) is 2.11. The smallest absolute Gasteiger partial charge is 0.170 e. The molecule has 23 heavy (non-hydrogen) atoms. The summed E-state index contributed by atoms with van der Waals surface area (Å²) in [4.78, 5) is 13.2. The molecule has 3 saturated carbocycles. The Balaban J connectivity index is 1.90. The fourth-order valence-electron chi connectivity index (χ4n) is 5.48. The molecule has 0 unspecified atom stereocenters. The van der Waals surface area contributed by atoms with Gasteiger partial charge >= 0.3 is 0 Å². The first-order valence-corrected chi connectivity index (χ1v) is 9.45. The molecule has 2 bridgehead atoms. The molecule has 3 fully saturated rings. The zero-order valence-corrected chi connectivity index (χ0v) is 15.5. The lowest BCUT2D eigenvalue weighted by atomic mass is 9.59. The van der Waals surface area contributed by atoms with Crippen LogP contribution in [0.5, 0.6) is 0 Å². The summed E-state index contributed by atoms with van der Waals surface area (Å²) in [5, 5.41) is 11.0. The number of hydrogen-bond donors (Lipinski definition) is 1. The fourth-order valence-corrected chi connectivity index (χ4v) is 5.79. The quantitative estimate of drug-likeness (QED) is 0.725. The van der Waals surface area contributed by atoms with Gasteiger partial charge in [0.2, 0.25) is 0 Å². The number of aliphatic hydroxyl groups excluding tert-OH is 1. The number of halogens is 1.